The van der Waals surface area contributed by atoms with Gasteiger partial charge in [-0.1, -0.05) is 18.5 Å². The van der Waals surface area contributed by atoms with Crippen molar-refractivity contribution >= 4 is 29.3 Å². The van der Waals surface area contributed by atoms with E-state index in [0.29, 0.717) is 17.1 Å². The second kappa shape index (κ2) is 6.05. The first kappa shape index (κ1) is 12.4. The Morgan fingerprint density at radius 3 is 2.94 bits per heavy atom. The third-order valence-electron chi connectivity index (χ3n) is 1.91. The molecular weight excluding hydrogens is 228 g/mol. The summed E-state index contributed by atoms with van der Waals surface area (Å²) in [5, 5.41) is 3.03. The summed E-state index contributed by atoms with van der Waals surface area (Å²) in [6, 6.07) is 4.56. The molecule has 0 aliphatic heterocycles. The smallest absolute Gasteiger partial charge is 0.251 e. The second-order valence-electron chi connectivity index (χ2n) is 3.13. The number of hydrogen-bond acceptors (Lipinski definition) is 3. The zero-order valence-electron chi connectivity index (χ0n) is 8.79. The van der Waals surface area contributed by atoms with E-state index in [1.165, 1.54) is 18.2 Å². The van der Waals surface area contributed by atoms with Crippen molar-refractivity contribution in [2.24, 2.45) is 4.99 Å². The van der Waals surface area contributed by atoms with Crippen molar-refractivity contribution in [3.05, 3.63) is 28.8 Å². The van der Waals surface area contributed by atoms with Gasteiger partial charge < -0.3 is 5.32 Å². The van der Waals surface area contributed by atoms with Crippen molar-refractivity contribution in [2.45, 2.75) is 13.3 Å². The maximum absolute atomic E-state index is 11.6. The summed E-state index contributed by atoms with van der Waals surface area (Å²) in [6.07, 6.45) is 2.25. The van der Waals surface area contributed by atoms with E-state index in [0.717, 1.165) is 6.42 Å². The zero-order chi connectivity index (χ0) is 12.0. The number of nitrogens with zero attached hydrogens (tertiary/aromatic N) is 1. The van der Waals surface area contributed by atoms with Crippen molar-refractivity contribution in [1.82, 2.24) is 5.32 Å². The summed E-state index contributed by atoms with van der Waals surface area (Å²) in [5.41, 5.74) is 0.674. The van der Waals surface area contributed by atoms with Crippen LogP contribution in [0.3, 0.4) is 0 Å². The molecule has 0 aromatic heterocycles. The van der Waals surface area contributed by atoms with Gasteiger partial charge in [-0.05, 0) is 24.6 Å². The number of amides is 1. The molecule has 0 aliphatic rings. The average Bonchev–Trinajstić information content (AvgIpc) is 2.29. The van der Waals surface area contributed by atoms with E-state index in [1.807, 2.05) is 6.92 Å². The fourth-order valence-corrected chi connectivity index (χ4v) is 1.29. The normalized spacial score (nSPS) is 9.38. The highest BCUT2D eigenvalue weighted by Gasteiger charge is 2.07. The highest BCUT2D eigenvalue weighted by atomic mass is 35.5. The fourth-order valence-electron chi connectivity index (χ4n) is 1.13. The van der Waals surface area contributed by atoms with E-state index in [2.05, 4.69) is 10.3 Å². The molecule has 0 unspecified atom stereocenters. The number of nitrogens with one attached hydrogen (secondary N) is 1. The molecule has 16 heavy (non-hydrogen) atoms. The largest absolute Gasteiger partial charge is 0.352 e. The Bertz CT molecular complexity index is 440. The van der Waals surface area contributed by atoms with Gasteiger partial charge in [-0.3, -0.25) is 4.79 Å². The number of carbonyl (C=O) groups is 1. The number of carbonyl (C=O) groups excluding carboxylic acids is 2. The van der Waals surface area contributed by atoms with E-state index < -0.39 is 0 Å². The summed E-state index contributed by atoms with van der Waals surface area (Å²) < 4.78 is 0. The van der Waals surface area contributed by atoms with Gasteiger partial charge >= 0.3 is 0 Å². The first-order valence-corrected chi connectivity index (χ1v) is 5.22. The lowest BCUT2D eigenvalue weighted by Crippen LogP contribution is -2.23. The van der Waals surface area contributed by atoms with Gasteiger partial charge in [-0.25, -0.2) is 4.79 Å². The highest BCUT2D eigenvalue weighted by molar-refractivity contribution is 6.33. The van der Waals surface area contributed by atoms with Crippen molar-refractivity contribution in [2.75, 3.05) is 6.54 Å². The highest BCUT2D eigenvalue weighted by Crippen LogP contribution is 2.25. The van der Waals surface area contributed by atoms with E-state index in [9.17, 15) is 9.59 Å². The van der Waals surface area contributed by atoms with Gasteiger partial charge in [-0.2, -0.15) is 4.99 Å². The summed E-state index contributed by atoms with van der Waals surface area (Å²) in [6.45, 7) is 2.57. The molecule has 1 N–H and O–H groups in total. The quantitative estimate of drug-likeness (QED) is 0.647. The summed E-state index contributed by atoms with van der Waals surface area (Å²) in [5.74, 6) is -0.208. The fraction of sp³-hybridized carbons (Fsp3) is 0.273. The molecule has 0 heterocycles. The van der Waals surface area contributed by atoms with Crippen LogP contribution in [0.25, 0.3) is 0 Å². The monoisotopic (exact) mass is 238 g/mol. The Hall–Kier alpha value is -1.64. The van der Waals surface area contributed by atoms with Crippen molar-refractivity contribution < 1.29 is 9.59 Å². The molecule has 0 aliphatic carbocycles. The standard InChI is InChI=1S/C11H11ClN2O2/c1-2-5-13-11(16)8-3-4-9(12)10(6-8)14-7-15/h3-4,6H,2,5H2,1H3,(H,13,16). The van der Waals surface area contributed by atoms with E-state index in [-0.39, 0.29) is 11.6 Å². The van der Waals surface area contributed by atoms with Crippen LogP contribution in [-0.4, -0.2) is 18.5 Å². The number of aliphatic imine (C=N–C) groups is 1. The van der Waals surface area contributed by atoms with Gasteiger partial charge in [0.2, 0.25) is 6.08 Å². The molecule has 0 saturated carbocycles. The molecule has 4 nitrogen and oxygen atoms in total. The third kappa shape index (κ3) is 3.19. The molecule has 1 aromatic rings. The Morgan fingerprint density at radius 2 is 2.31 bits per heavy atom. The summed E-state index contributed by atoms with van der Waals surface area (Å²) in [4.78, 5) is 25.1. The molecule has 0 spiro atoms. The van der Waals surface area contributed by atoms with Gasteiger partial charge in [0.05, 0.1) is 10.7 Å². The molecule has 5 heteroatoms. The van der Waals surface area contributed by atoms with Crippen molar-refractivity contribution in [3.63, 3.8) is 0 Å². The molecule has 1 aromatic carbocycles. The van der Waals surface area contributed by atoms with Crippen LogP contribution in [0.2, 0.25) is 5.02 Å². The van der Waals surface area contributed by atoms with Crippen molar-refractivity contribution in [3.8, 4) is 0 Å². The first-order valence-electron chi connectivity index (χ1n) is 4.84. The van der Waals surface area contributed by atoms with E-state index in [1.54, 1.807) is 6.07 Å². The number of benzene rings is 1. The van der Waals surface area contributed by atoms with Gasteiger partial charge in [0.15, 0.2) is 0 Å². The molecular formula is C11H11ClN2O2. The number of isocyanates is 1. The minimum absolute atomic E-state index is 0.208. The predicted octanol–water partition coefficient (Wildman–Crippen LogP) is 2.45. The number of halogens is 1. The maximum atomic E-state index is 11.6. The molecule has 0 bridgehead atoms. The van der Waals surface area contributed by atoms with Crippen molar-refractivity contribution in [1.29, 1.82) is 0 Å². The maximum Gasteiger partial charge on any atom is 0.251 e. The average molecular weight is 239 g/mol. The predicted molar refractivity (Wildman–Crippen MR) is 61.9 cm³/mol. The number of rotatable bonds is 4. The van der Waals surface area contributed by atoms with E-state index >= 15 is 0 Å². The Balaban J connectivity index is 2.93. The van der Waals surface area contributed by atoms with Crippen LogP contribution in [0, 0.1) is 0 Å². The van der Waals surface area contributed by atoms with E-state index in [4.69, 9.17) is 11.6 Å². The molecule has 0 saturated heterocycles. The number of hydrogen-bond donors (Lipinski definition) is 1. The minimum atomic E-state index is -0.208. The van der Waals surface area contributed by atoms with Crippen LogP contribution in [0.4, 0.5) is 5.69 Å². The van der Waals surface area contributed by atoms with Gasteiger partial charge in [-0.15, -0.1) is 0 Å². The lowest BCUT2D eigenvalue weighted by molar-refractivity contribution is 0.0953. The minimum Gasteiger partial charge on any atom is -0.352 e. The molecule has 1 rings (SSSR count). The Labute approximate surface area is 98.3 Å². The molecule has 0 fully saturated rings. The van der Waals surface area contributed by atoms with Crippen LogP contribution in [0.1, 0.15) is 23.7 Å². The summed E-state index contributed by atoms with van der Waals surface area (Å²) in [7, 11) is 0. The van der Waals surface area contributed by atoms with Crippen LogP contribution >= 0.6 is 11.6 Å². The molecule has 0 radical (unpaired) electrons. The Kier molecular flexibility index (Phi) is 4.70. The molecule has 0 atom stereocenters. The van der Waals surface area contributed by atoms with Gasteiger partial charge in [0.25, 0.3) is 5.91 Å². The first-order chi connectivity index (χ1) is 7.69. The molecule has 1 amide bonds. The summed E-state index contributed by atoms with van der Waals surface area (Å²) >= 11 is 5.78. The van der Waals surface area contributed by atoms with Gasteiger partial charge in [0.1, 0.15) is 0 Å². The lowest BCUT2D eigenvalue weighted by atomic mass is 10.2. The SMILES string of the molecule is CCCNC(=O)c1ccc(Cl)c(N=C=O)c1. The van der Waals surface area contributed by atoms with Crippen LogP contribution in [0.5, 0.6) is 0 Å². The topological polar surface area (TPSA) is 58.5 Å². The lowest BCUT2D eigenvalue weighted by Gasteiger charge is -2.04. The third-order valence-corrected chi connectivity index (χ3v) is 2.23. The molecule has 84 valence electrons. The van der Waals surface area contributed by atoms with Crippen LogP contribution in [-0.2, 0) is 4.79 Å². The Morgan fingerprint density at radius 1 is 1.56 bits per heavy atom. The second-order valence-corrected chi connectivity index (χ2v) is 3.53. The van der Waals surface area contributed by atoms with Crippen LogP contribution in [0.15, 0.2) is 23.2 Å². The van der Waals surface area contributed by atoms with Crippen LogP contribution < -0.4 is 5.32 Å². The van der Waals surface area contributed by atoms with Gasteiger partial charge in [0, 0.05) is 12.1 Å². The zero-order valence-corrected chi connectivity index (χ0v) is 9.54.